The molecule has 1 aromatic heterocycles. The van der Waals surface area contributed by atoms with Gasteiger partial charge in [-0.25, -0.2) is 11.6 Å². The van der Waals surface area contributed by atoms with E-state index in [-0.39, 0.29) is 35.2 Å². The van der Waals surface area contributed by atoms with Gasteiger partial charge < -0.3 is 14.3 Å². The van der Waals surface area contributed by atoms with Crippen LogP contribution in [0.4, 0.5) is 8.78 Å². The first-order valence-corrected chi connectivity index (χ1v) is 10.3. The van der Waals surface area contributed by atoms with Crippen LogP contribution in [0.2, 0.25) is 0 Å². The molecule has 0 atom stereocenters. The molecule has 0 radical (unpaired) electrons. The second-order valence-electron chi connectivity index (χ2n) is 8.46. The fraction of sp³-hybridized carbons (Fsp3) is 0.375. The van der Waals surface area contributed by atoms with Crippen molar-refractivity contribution < 1.29 is 23.0 Å². The summed E-state index contributed by atoms with van der Waals surface area (Å²) < 4.78 is 38.2. The first kappa shape index (κ1) is 21.8. The Morgan fingerprint density at radius 1 is 1.28 bits per heavy atom. The van der Waals surface area contributed by atoms with Gasteiger partial charge >= 0.3 is 6.61 Å². The lowest BCUT2D eigenvalue weighted by Gasteiger charge is -2.17. The van der Waals surface area contributed by atoms with Crippen molar-refractivity contribution >= 4 is 16.8 Å². The molecule has 0 N–H and O–H groups in total. The summed E-state index contributed by atoms with van der Waals surface area (Å²) in [5.41, 5.74) is 2.02. The molecule has 0 bridgehead atoms. The minimum absolute atomic E-state index is 0.0361. The highest BCUT2D eigenvalue weighted by molar-refractivity contribution is 6.02. The molecule has 1 fully saturated rings. The molecule has 4 rings (SSSR count). The second-order valence-corrected chi connectivity index (χ2v) is 8.46. The normalized spacial score (nSPS) is 13.9. The molecule has 0 unspecified atom stereocenters. The minimum atomic E-state index is -3.08. The minimum Gasteiger partial charge on any atom is -0.496 e. The smallest absolute Gasteiger partial charge is 0.387 e. The molecule has 0 saturated heterocycles. The Morgan fingerprint density at radius 3 is 2.62 bits per heavy atom. The predicted molar refractivity (Wildman–Crippen MR) is 116 cm³/mol. The fourth-order valence-corrected chi connectivity index (χ4v) is 3.69. The number of fused-ring (bicyclic) bond motifs is 1. The van der Waals surface area contributed by atoms with Gasteiger partial charge in [0.2, 0.25) is 0 Å². The first-order chi connectivity index (χ1) is 15.2. The molecule has 1 aliphatic carbocycles. The highest BCUT2D eigenvalue weighted by atomic mass is 19.3. The maximum absolute atomic E-state index is 13.2. The summed E-state index contributed by atoms with van der Waals surface area (Å²) in [7, 11) is 1.39. The van der Waals surface area contributed by atoms with E-state index in [4.69, 9.17) is 16.0 Å². The Hall–Kier alpha value is -3.47. The van der Waals surface area contributed by atoms with Gasteiger partial charge in [0.15, 0.2) is 5.78 Å². The largest absolute Gasteiger partial charge is 0.496 e. The average molecular weight is 439 g/mol. The van der Waals surface area contributed by atoms with E-state index >= 15 is 0 Å². The number of hydrogen-bond acceptors (Lipinski definition) is 4. The molecule has 0 aliphatic heterocycles. The van der Waals surface area contributed by atoms with Gasteiger partial charge in [0.1, 0.15) is 23.4 Å². The van der Waals surface area contributed by atoms with Crippen LogP contribution in [0, 0.1) is 12.5 Å². The number of halogens is 2. The third-order valence-electron chi connectivity index (χ3n) is 5.75. The summed E-state index contributed by atoms with van der Waals surface area (Å²) in [6.45, 7) is 7.97. The maximum atomic E-state index is 13.2. The van der Waals surface area contributed by atoms with Crippen molar-refractivity contribution in [1.82, 2.24) is 9.55 Å². The number of carbonyl (C=O) groups is 1. The number of methoxy groups -OCH3 is 1. The van der Waals surface area contributed by atoms with Gasteiger partial charge in [0.05, 0.1) is 23.8 Å². The molecule has 2 aromatic carbocycles. The monoisotopic (exact) mass is 439 g/mol. The van der Waals surface area contributed by atoms with Gasteiger partial charge in [-0.3, -0.25) is 9.36 Å². The molecule has 1 aliphatic rings. The predicted octanol–water partition coefficient (Wildman–Crippen LogP) is 5.77. The molecule has 6 nitrogen and oxygen atoms in total. The first-order valence-electron chi connectivity index (χ1n) is 10.3. The topological polar surface area (TPSA) is 57.7 Å². The quantitative estimate of drug-likeness (QED) is 0.330. The van der Waals surface area contributed by atoms with Gasteiger partial charge in [-0.15, -0.1) is 0 Å². The lowest BCUT2D eigenvalue weighted by molar-refractivity contribution is -0.0502. The molecular formula is C24H23F2N3O3. The number of benzene rings is 2. The molecule has 166 valence electrons. The van der Waals surface area contributed by atoms with Crippen LogP contribution in [-0.2, 0) is 5.54 Å². The lowest BCUT2D eigenvalue weighted by Crippen LogP contribution is -2.11. The number of nitrogens with zero attached hydrogens (tertiary/aromatic N) is 3. The van der Waals surface area contributed by atoms with Crippen LogP contribution in [0.25, 0.3) is 21.6 Å². The van der Waals surface area contributed by atoms with Gasteiger partial charge in [-0.05, 0) is 37.0 Å². The highest BCUT2D eigenvalue weighted by Gasteiger charge is 2.30. The van der Waals surface area contributed by atoms with Gasteiger partial charge in [0, 0.05) is 38.0 Å². The average Bonchev–Trinajstić information content (AvgIpc) is 3.47. The summed E-state index contributed by atoms with van der Waals surface area (Å²) in [6, 6.07) is 8.55. The van der Waals surface area contributed by atoms with Crippen molar-refractivity contribution in [3.8, 4) is 17.2 Å². The van der Waals surface area contributed by atoms with Gasteiger partial charge in [0.25, 0.3) is 5.54 Å². The van der Waals surface area contributed by atoms with E-state index in [9.17, 15) is 13.6 Å². The number of hydrogen-bond donors (Lipinski definition) is 0. The van der Waals surface area contributed by atoms with Crippen LogP contribution in [-0.4, -0.2) is 29.1 Å². The van der Waals surface area contributed by atoms with Gasteiger partial charge in [-0.2, -0.15) is 8.78 Å². The van der Waals surface area contributed by atoms with Crippen molar-refractivity contribution in [1.29, 1.82) is 0 Å². The van der Waals surface area contributed by atoms with Crippen LogP contribution in [0.5, 0.6) is 11.5 Å². The number of alkyl halides is 2. The number of imidazole rings is 1. The summed E-state index contributed by atoms with van der Waals surface area (Å²) in [6.07, 6.45) is 3.77. The van der Waals surface area contributed by atoms with Crippen LogP contribution in [0.15, 0.2) is 36.7 Å². The number of carbonyl (C=O) groups excluding carboxylic acids is 1. The molecule has 8 heteroatoms. The van der Waals surface area contributed by atoms with E-state index in [1.54, 1.807) is 17.0 Å². The third-order valence-corrected chi connectivity index (χ3v) is 5.75. The molecule has 1 saturated carbocycles. The zero-order chi connectivity index (χ0) is 23.0. The Balaban J connectivity index is 1.82. The number of aromatic nitrogens is 2. The SMILES string of the molecule is [C-]#[N+]C(C)(C)c1ccc2c(c1)ncn2-c1cc(OC)c(C(=O)CC2CC2)c(OC(F)F)c1. The van der Waals surface area contributed by atoms with Crippen LogP contribution < -0.4 is 9.47 Å². The number of Topliss-reactive ketones (excluding diaryl/α,β-unsaturated/α-hetero) is 1. The molecule has 32 heavy (non-hydrogen) atoms. The summed E-state index contributed by atoms with van der Waals surface area (Å²) in [5, 5.41) is 0. The molecule has 1 heterocycles. The van der Waals surface area contributed by atoms with E-state index in [1.807, 2.05) is 32.0 Å². The Labute approximate surface area is 184 Å². The highest BCUT2D eigenvalue weighted by Crippen LogP contribution is 2.39. The summed E-state index contributed by atoms with van der Waals surface area (Å²) >= 11 is 0. The summed E-state index contributed by atoms with van der Waals surface area (Å²) in [4.78, 5) is 20.9. The van der Waals surface area contributed by atoms with E-state index in [1.165, 1.54) is 13.2 Å². The van der Waals surface area contributed by atoms with E-state index in [2.05, 4.69) is 9.83 Å². The Kier molecular flexibility index (Phi) is 5.59. The van der Waals surface area contributed by atoms with E-state index in [0.29, 0.717) is 11.2 Å². The number of rotatable bonds is 8. The molecule has 0 amide bonds. The Morgan fingerprint density at radius 2 is 2.00 bits per heavy atom. The van der Waals surface area contributed by atoms with Crippen LogP contribution >= 0.6 is 0 Å². The molecule has 3 aromatic rings. The van der Waals surface area contributed by atoms with Crippen molar-refractivity contribution in [2.75, 3.05) is 7.11 Å². The summed E-state index contributed by atoms with van der Waals surface area (Å²) in [5.74, 6) is -0.0187. The fourth-order valence-electron chi connectivity index (χ4n) is 3.69. The molecular weight excluding hydrogens is 416 g/mol. The van der Waals surface area contributed by atoms with Gasteiger partial charge in [-0.1, -0.05) is 0 Å². The van der Waals surface area contributed by atoms with Crippen molar-refractivity contribution in [3.05, 3.63) is 59.2 Å². The maximum Gasteiger partial charge on any atom is 0.387 e. The second kappa shape index (κ2) is 8.23. The zero-order valence-corrected chi connectivity index (χ0v) is 18.1. The van der Waals surface area contributed by atoms with Crippen LogP contribution in [0.3, 0.4) is 0 Å². The van der Waals surface area contributed by atoms with Crippen molar-refractivity contribution in [3.63, 3.8) is 0 Å². The number of ether oxygens (including phenoxy) is 2. The molecule has 0 spiro atoms. The Bertz CT molecular complexity index is 1220. The number of ketones is 1. The van der Waals surface area contributed by atoms with Crippen molar-refractivity contribution in [2.45, 2.75) is 45.3 Å². The van der Waals surface area contributed by atoms with Crippen molar-refractivity contribution in [2.24, 2.45) is 5.92 Å². The van der Waals surface area contributed by atoms with Crippen LogP contribution in [0.1, 0.15) is 49.0 Å². The zero-order valence-electron chi connectivity index (χ0n) is 18.1. The van der Waals surface area contributed by atoms with E-state index in [0.717, 1.165) is 23.9 Å². The van der Waals surface area contributed by atoms with E-state index < -0.39 is 12.2 Å². The standard InChI is InChI=1S/C24H23F2N3O3/c1-24(2,27-3)15-7-8-18-17(10-15)28-13-29(18)16-11-20(31-4)22(19(30)9-14-5-6-14)21(12-16)32-23(25)26/h7-8,10-14,23H,5-6,9H2,1-2,4H3. The lowest BCUT2D eigenvalue weighted by atomic mass is 9.95. The third kappa shape index (κ3) is 4.15.